The first-order valence-corrected chi connectivity index (χ1v) is 14.1. The van der Waals surface area contributed by atoms with E-state index in [0.717, 1.165) is 71.9 Å². The highest BCUT2D eigenvalue weighted by molar-refractivity contribution is 7.98. The number of benzene rings is 1. The summed E-state index contributed by atoms with van der Waals surface area (Å²) in [5.41, 5.74) is 1.22. The number of piperidine rings is 1. The number of anilines is 1. The van der Waals surface area contributed by atoms with Crippen molar-refractivity contribution in [2.75, 3.05) is 57.0 Å². The van der Waals surface area contributed by atoms with E-state index < -0.39 is 0 Å². The smallest absolute Gasteiger partial charge is 0.264 e. The fourth-order valence-electron chi connectivity index (χ4n) is 4.62. The van der Waals surface area contributed by atoms with Gasteiger partial charge >= 0.3 is 0 Å². The Balaban J connectivity index is 1.25. The Labute approximate surface area is 209 Å². The van der Waals surface area contributed by atoms with Gasteiger partial charge in [-0.15, -0.1) is 11.3 Å². The number of thiophene rings is 1. The van der Waals surface area contributed by atoms with Crippen LogP contribution in [-0.4, -0.2) is 77.7 Å². The number of nitrogens with zero attached hydrogens (tertiary/aromatic N) is 5. The topological polar surface area (TPSA) is 52.6 Å². The Hall–Kier alpha value is -2.42. The van der Waals surface area contributed by atoms with Gasteiger partial charge in [0.25, 0.3) is 5.91 Å². The zero-order valence-corrected chi connectivity index (χ0v) is 21.3. The van der Waals surface area contributed by atoms with E-state index in [0.29, 0.717) is 0 Å². The first kappa shape index (κ1) is 23.3. The van der Waals surface area contributed by atoms with E-state index >= 15 is 0 Å². The third-order valence-electron chi connectivity index (χ3n) is 6.53. The number of thioether (sulfide) groups is 1. The van der Waals surface area contributed by atoms with Gasteiger partial charge in [0.2, 0.25) is 0 Å². The molecular formula is C26H31N5OS2. The molecule has 3 aromatic rings. The van der Waals surface area contributed by atoms with Crippen LogP contribution in [0.25, 0.3) is 16.3 Å². The molecule has 2 aliphatic heterocycles. The Kier molecular flexibility index (Phi) is 7.47. The minimum atomic E-state index is 0.123. The lowest BCUT2D eigenvalue weighted by atomic mass is 10.1. The van der Waals surface area contributed by atoms with Gasteiger partial charge in [0.1, 0.15) is 10.6 Å². The van der Waals surface area contributed by atoms with Gasteiger partial charge in [-0.25, -0.2) is 9.97 Å². The summed E-state index contributed by atoms with van der Waals surface area (Å²) in [7, 11) is 0. The molecule has 0 radical (unpaired) electrons. The van der Waals surface area contributed by atoms with Crippen molar-refractivity contribution in [2.24, 2.45) is 0 Å². The van der Waals surface area contributed by atoms with Gasteiger partial charge in [-0.2, -0.15) is 0 Å². The number of carbonyl (C=O) groups is 1. The number of hydrogen-bond donors (Lipinski definition) is 0. The number of fused-ring (bicyclic) bond motifs is 1. The molecule has 2 aromatic heterocycles. The maximum atomic E-state index is 13.4. The summed E-state index contributed by atoms with van der Waals surface area (Å²) in [5.74, 6) is 1.12. The molecule has 0 spiro atoms. The van der Waals surface area contributed by atoms with Crippen molar-refractivity contribution >= 4 is 51.1 Å². The van der Waals surface area contributed by atoms with E-state index in [1.807, 2.05) is 23.3 Å². The molecule has 2 saturated heterocycles. The number of hydrogen-bond acceptors (Lipinski definition) is 7. The van der Waals surface area contributed by atoms with Gasteiger partial charge in [0.15, 0.2) is 5.16 Å². The summed E-state index contributed by atoms with van der Waals surface area (Å²) < 4.78 is 0. The molecule has 1 aromatic carbocycles. The van der Waals surface area contributed by atoms with Gasteiger partial charge in [-0.1, -0.05) is 54.2 Å². The monoisotopic (exact) mass is 493 g/mol. The summed E-state index contributed by atoms with van der Waals surface area (Å²) in [6, 6.07) is 12.4. The molecule has 6 nitrogen and oxygen atoms in total. The maximum absolute atomic E-state index is 13.4. The third kappa shape index (κ3) is 5.29. The molecule has 4 heterocycles. The normalized spacial score (nSPS) is 17.7. The second kappa shape index (κ2) is 10.9. The van der Waals surface area contributed by atoms with Gasteiger partial charge in [-0.3, -0.25) is 9.69 Å². The van der Waals surface area contributed by atoms with E-state index in [1.165, 1.54) is 36.2 Å². The Bertz CT molecular complexity index is 1150. The van der Waals surface area contributed by atoms with Crippen LogP contribution in [0.4, 0.5) is 5.82 Å². The van der Waals surface area contributed by atoms with Gasteiger partial charge in [-0.05, 0) is 37.1 Å². The summed E-state index contributed by atoms with van der Waals surface area (Å²) in [6.07, 6.45) is 10.1. The predicted octanol–water partition coefficient (Wildman–Crippen LogP) is 4.87. The van der Waals surface area contributed by atoms with Crippen molar-refractivity contribution in [3.63, 3.8) is 0 Å². The number of piperazine rings is 1. The van der Waals surface area contributed by atoms with Crippen LogP contribution in [0.15, 0.2) is 47.6 Å². The second-order valence-electron chi connectivity index (χ2n) is 8.82. The number of amides is 1. The van der Waals surface area contributed by atoms with Crippen LogP contribution < -0.4 is 4.90 Å². The van der Waals surface area contributed by atoms with Crippen molar-refractivity contribution in [1.82, 2.24) is 19.8 Å². The fraction of sp³-hybridized carbons (Fsp3) is 0.423. The van der Waals surface area contributed by atoms with Crippen molar-refractivity contribution in [1.29, 1.82) is 0 Å². The van der Waals surface area contributed by atoms with Crippen LogP contribution in [0.2, 0.25) is 0 Å². The number of carbonyl (C=O) groups excluding carboxylic acids is 1. The molecular weight excluding hydrogens is 462 g/mol. The summed E-state index contributed by atoms with van der Waals surface area (Å²) in [6.45, 7) is 6.27. The molecule has 2 aliphatic rings. The molecule has 0 unspecified atom stereocenters. The highest BCUT2D eigenvalue weighted by atomic mass is 32.2. The lowest BCUT2D eigenvalue weighted by Gasteiger charge is -2.33. The molecule has 2 fully saturated rings. The van der Waals surface area contributed by atoms with E-state index in [-0.39, 0.29) is 5.91 Å². The van der Waals surface area contributed by atoms with Gasteiger partial charge < -0.3 is 9.80 Å². The molecule has 178 valence electrons. The first-order valence-electron chi connectivity index (χ1n) is 12.0. The Morgan fingerprint density at radius 3 is 2.53 bits per heavy atom. The average molecular weight is 494 g/mol. The zero-order valence-electron chi connectivity index (χ0n) is 19.7. The van der Waals surface area contributed by atoms with Crippen LogP contribution in [0.3, 0.4) is 0 Å². The molecule has 0 bridgehead atoms. The molecule has 0 saturated carbocycles. The minimum Gasteiger partial charge on any atom is -0.356 e. The van der Waals surface area contributed by atoms with Gasteiger partial charge in [0, 0.05) is 45.8 Å². The van der Waals surface area contributed by atoms with Crippen molar-refractivity contribution < 1.29 is 4.79 Å². The van der Waals surface area contributed by atoms with Crippen LogP contribution >= 0.6 is 23.1 Å². The number of aromatic nitrogens is 2. The third-order valence-corrected chi connectivity index (χ3v) is 8.10. The van der Waals surface area contributed by atoms with Crippen molar-refractivity contribution in [2.45, 2.75) is 24.4 Å². The van der Waals surface area contributed by atoms with E-state index in [9.17, 15) is 4.79 Å². The quantitative estimate of drug-likeness (QED) is 0.361. The van der Waals surface area contributed by atoms with Crippen LogP contribution in [0.1, 0.15) is 34.5 Å². The standard InChI is InChI=1S/C26H31N5OS2/c1-33-26-27-23(30-13-6-3-7-14-30)21-19-22(34-24(21)28-26)25(32)31-17-15-29(16-18-31)12-8-11-20-9-4-2-5-10-20/h2,4-5,8-11,19H,3,6-7,12-18H2,1H3/b11-8+. The fourth-order valence-corrected chi connectivity index (χ4v) is 6.03. The molecule has 5 rings (SSSR count). The largest absolute Gasteiger partial charge is 0.356 e. The lowest BCUT2D eigenvalue weighted by Crippen LogP contribution is -2.48. The molecule has 0 N–H and O–H groups in total. The molecule has 0 atom stereocenters. The van der Waals surface area contributed by atoms with E-state index in [2.05, 4.69) is 46.2 Å². The zero-order chi connectivity index (χ0) is 23.3. The van der Waals surface area contributed by atoms with Crippen molar-refractivity contribution in [3.05, 3.63) is 52.9 Å². The maximum Gasteiger partial charge on any atom is 0.264 e. The highest BCUT2D eigenvalue weighted by Crippen LogP contribution is 2.34. The lowest BCUT2D eigenvalue weighted by molar-refractivity contribution is 0.0655. The first-order chi connectivity index (χ1) is 16.7. The SMILES string of the molecule is CSc1nc(N2CCCCC2)c2cc(C(=O)N3CCN(C/C=C/c4ccccc4)CC3)sc2n1. The minimum absolute atomic E-state index is 0.123. The average Bonchev–Trinajstić information content (AvgIpc) is 3.33. The summed E-state index contributed by atoms with van der Waals surface area (Å²) in [4.78, 5) is 31.4. The molecule has 8 heteroatoms. The number of rotatable bonds is 6. The van der Waals surface area contributed by atoms with Crippen LogP contribution in [0.5, 0.6) is 0 Å². The van der Waals surface area contributed by atoms with Crippen LogP contribution in [0, 0.1) is 0 Å². The second-order valence-corrected chi connectivity index (χ2v) is 10.6. The predicted molar refractivity (Wildman–Crippen MR) is 143 cm³/mol. The van der Waals surface area contributed by atoms with Gasteiger partial charge in [0.05, 0.1) is 10.3 Å². The van der Waals surface area contributed by atoms with E-state index in [1.54, 1.807) is 11.8 Å². The molecule has 34 heavy (non-hydrogen) atoms. The van der Waals surface area contributed by atoms with Crippen molar-refractivity contribution in [3.8, 4) is 0 Å². The highest BCUT2D eigenvalue weighted by Gasteiger charge is 2.25. The Morgan fingerprint density at radius 2 is 1.79 bits per heavy atom. The Morgan fingerprint density at radius 1 is 1.03 bits per heavy atom. The van der Waals surface area contributed by atoms with Crippen LogP contribution in [-0.2, 0) is 0 Å². The summed E-state index contributed by atoms with van der Waals surface area (Å²) in [5, 5.41) is 1.81. The summed E-state index contributed by atoms with van der Waals surface area (Å²) >= 11 is 3.08. The van der Waals surface area contributed by atoms with E-state index in [4.69, 9.17) is 9.97 Å². The molecule has 1 amide bonds. The molecule has 0 aliphatic carbocycles.